The quantitative estimate of drug-likeness (QED) is 0.687. The van der Waals surface area contributed by atoms with Gasteiger partial charge in [0.05, 0.1) is 14.2 Å². The summed E-state index contributed by atoms with van der Waals surface area (Å²) in [5.74, 6) is 0.657. The molecule has 6 heteroatoms. The lowest BCUT2D eigenvalue weighted by Crippen LogP contribution is -2.38. The van der Waals surface area contributed by atoms with E-state index < -0.39 is 5.97 Å². The molecule has 0 aromatic heterocycles. The van der Waals surface area contributed by atoms with E-state index in [-0.39, 0.29) is 25.0 Å². The highest BCUT2D eigenvalue weighted by molar-refractivity contribution is 5.97. The normalized spacial score (nSPS) is 15.1. The number of carbonyl (C=O) groups excluding carboxylic acids is 2. The molecule has 0 spiro atoms. The Morgan fingerprint density at radius 1 is 1.07 bits per heavy atom. The predicted molar refractivity (Wildman–Crippen MR) is 106 cm³/mol. The number of benzene rings is 2. The van der Waals surface area contributed by atoms with E-state index in [1.54, 1.807) is 25.2 Å². The fourth-order valence-corrected chi connectivity index (χ4v) is 3.51. The van der Waals surface area contributed by atoms with Gasteiger partial charge in [0.15, 0.2) is 18.1 Å². The second kappa shape index (κ2) is 8.78. The van der Waals surface area contributed by atoms with E-state index in [1.165, 1.54) is 0 Å². The molecule has 0 aliphatic carbocycles. The van der Waals surface area contributed by atoms with Crippen LogP contribution in [0, 0.1) is 0 Å². The van der Waals surface area contributed by atoms with E-state index in [4.69, 9.17) is 14.2 Å². The Labute approximate surface area is 165 Å². The summed E-state index contributed by atoms with van der Waals surface area (Å²) in [5, 5.41) is 0. The zero-order chi connectivity index (χ0) is 20.1. The number of rotatable bonds is 7. The third-order valence-corrected chi connectivity index (χ3v) is 4.90. The van der Waals surface area contributed by atoms with Crippen molar-refractivity contribution < 1.29 is 23.8 Å². The van der Waals surface area contributed by atoms with Crippen molar-refractivity contribution in [3.63, 3.8) is 0 Å². The van der Waals surface area contributed by atoms with Crippen molar-refractivity contribution in [1.29, 1.82) is 0 Å². The lowest BCUT2D eigenvalue weighted by Gasteiger charge is -2.22. The van der Waals surface area contributed by atoms with Crippen LogP contribution in [0.2, 0.25) is 0 Å². The van der Waals surface area contributed by atoms with Gasteiger partial charge in [-0.05, 0) is 49.1 Å². The Morgan fingerprint density at radius 2 is 1.82 bits per heavy atom. The lowest BCUT2D eigenvalue weighted by molar-refractivity contribution is -0.147. The Bertz CT molecular complexity index is 864. The van der Waals surface area contributed by atoms with Crippen LogP contribution < -0.4 is 14.4 Å². The minimum atomic E-state index is -0.400. The average Bonchev–Trinajstić information content (AvgIpc) is 3.05. The summed E-state index contributed by atoms with van der Waals surface area (Å²) in [6.45, 7) is 1.75. The number of para-hydroxylation sites is 1. The SMILES string of the molecule is COc1ccc(CCC(=O)OCC(=O)N2c3ccccc3C[C@H]2C)cc1OC. The third-order valence-electron chi connectivity index (χ3n) is 4.90. The first-order valence-electron chi connectivity index (χ1n) is 9.30. The minimum absolute atomic E-state index is 0.0652. The van der Waals surface area contributed by atoms with Crippen molar-refractivity contribution >= 4 is 17.6 Å². The van der Waals surface area contributed by atoms with Gasteiger partial charge in [-0.15, -0.1) is 0 Å². The monoisotopic (exact) mass is 383 g/mol. The first-order valence-corrected chi connectivity index (χ1v) is 9.30. The maximum atomic E-state index is 12.6. The molecular formula is C22H25NO5. The smallest absolute Gasteiger partial charge is 0.306 e. The number of carbonyl (C=O) groups is 2. The van der Waals surface area contributed by atoms with E-state index in [9.17, 15) is 9.59 Å². The van der Waals surface area contributed by atoms with Crippen molar-refractivity contribution in [3.05, 3.63) is 53.6 Å². The number of ether oxygens (including phenoxy) is 3. The van der Waals surface area contributed by atoms with Crippen molar-refractivity contribution in [2.24, 2.45) is 0 Å². The highest BCUT2D eigenvalue weighted by atomic mass is 16.5. The van der Waals surface area contributed by atoms with Gasteiger partial charge in [-0.2, -0.15) is 0 Å². The Balaban J connectivity index is 1.51. The van der Waals surface area contributed by atoms with Crippen LogP contribution in [0.15, 0.2) is 42.5 Å². The van der Waals surface area contributed by atoms with E-state index >= 15 is 0 Å². The van der Waals surface area contributed by atoms with Gasteiger partial charge in [-0.25, -0.2) is 0 Å². The molecule has 6 nitrogen and oxygen atoms in total. The molecule has 0 radical (unpaired) electrons. The van der Waals surface area contributed by atoms with Crippen molar-refractivity contribution in [1.82, 2.24) is 0 Å². The first kappa shape index (κ1) is 19.7. The van der Waals surface area contributed by atoms with E-state index in [1.807, 2.05) is 43.3 Å². The molecule has 28 heavy (non-hydrogen) atoms. The zero-order valence-electron chi connectivity index (χ0n) is 16.4. The molecule has 0 saturated carbocycles. The second-order valence-corrected chi connectivity index (χ2v) is 6.80. The number of esters is 1. The van der Waals surface area contributed by atoms with Gasteiger partial charge in [0.2, 0.25) is 0 Å². The van der Waals surface area contributed by atoms with Crippen LogP contribution in [-0.4, -0.2) is 38.7 Å². The van der Waals surface area contributed by atoms with Crippen LogP contribution in [-0.2, 0) is 27.2 Å². The van der Waals surface area contributed by atoms with Crippen molar-refractivity contribution in [2.75, 3.05) is 25.7 Å². The number of nitrogens with zero attached hydrogens (tertiary/aromatic N) is 1. The van der Waals surface area contributed by atoms with Gasteiger partial charge in [0.1, 0.15) is 0 Å². The van der Waals surface area contributed by atoms with Gasteiger partial charge < -0.3 is 19.1 Å². The summed E-state index contributed by atoms with van der Waals surface area (Å²) in [4.78, 5) is 26.4. The Morgan fingerprint density at radius 3 is 2.57 bits per heavy atom. The summed E-state index contributed by atoms with van der Waals surface area (Å²) in [6, 6.07) is 13.4. The maximum absolute atomic E-state index is 12.6. The van der Waals surface area contributed by atoms with Gasteiger partial charge >= 0.3 is 5.97 Å². The van der Waals surface area contributed by atoms with Crippen LogP contribution in [0.25, 0.3) is 0 Å². The maximum Gasteiger partial charge on any atom is 0.306 e. The fourth-order valence-electron chi connectivity index (χ4n) is 3.51. The largest absolute Gasteiger partial charge is 0.493 e. The fraction of sp³-hybridized carbons (Fsp3) is 0.364. The van der Waals surface area contributed by atoms with Gasteiger partial charge in [-0.3, -0.25) is 9.59 Å². The molecule has 2 aromatic carbocycles. The number of methoxy groups -OCH3 is 2. The molecule has 3 rings (SSSR count). The molecule has 1 amide bonds. The minimum Gasteiger partial charge on any atom is -0.493 e. The average molecular weight is 383 g/mol. The number of hydrogen-bond acceptors (Lipinski definition) is 5. The van der Waals surface area contributed by atoms with Gasteiger partial charge in [0.25, 0.3) is 5.91 Å². The van der Waals surface area contributed by atoms with Gasteiger partial charge in [0, 0.05) is 18.2 Å². The summed E-state index contributed by atoms with van der Waals surface area (Å²) >= 11 is 0. The molecule has 0 saturated heterocycles. The standard InChI is InChI=1S/C22H25NO5/c1-15-12-17-6-4-5-7-18(17)23(15)21(24)14-28-22(25)11-9-16-8-10-19(26-2)20(13-16)27-3/h4-8,10,13,15H,9,11-12,14H2,1-3H3/t15-/m1/s1. The number of aryl methyl sites for hydroxylation is 1. The molecule has 1 heterocycles. The van der Waals surface area contributed by atoms with Crippen LogP contribution in [0.3, 0.4) is 0 Å². The zero-order valence-corrected chi connectivity index (χ0v) is 16.4. The summed E-state index contributed by atoms with van der Waals surface area (Å²) < 4.78 is 15.7. The van der Waals surface area contributed by atoms with Crippen LogP contribution >= 0.6 is 0 Å². The number of anilines is 1. The number of hydrogen-bond donors (Lipinski definition) is 0. The molecule has 148 valence electrons. The molecule has 1 aliphatic rings. The number of amides is 1. The van der Waals surface area contributed by atoms with E-state index in [0.717, 1.165) is 23.2 Å². The topological polar surface area (TPSA) is 65.1 Å². The molecule has 1 atom stereocenters. The molecule has 0 fully saturated rings. The van der Waals surface area contributed by atoms with Crippen LogP contribution in [0.1, 0.15) is 24.5 Å². The molecule has 1 aliphatic heterocycles. The Kier molecular flexibility index (Phi) is 6.19. The van der Waals surface area contributed by atoms with Crippen molar-refractivity contribution in [3.8, 4) is 11.5 Å². The molecule has 0 N–H and O–H groups in total. The summed E-state index contributed by atoms with van der Waals surface area (Å²) in [7, 11) is 3.14. The van der Waals surface area contributed by atoms with E-state index in [2.05, 4.69) is 0 Å². The van der Waals surface area contributed by atoms with Crippen molar-refractivity contribution in [2.45, 2.75) is 32.2 Å². The van der Waals surface area contributed by atoms with Gasteiger partial charge in [-0.1, -0.05) is 24.3 Å². The first-order chi connectivity index (χ1) is 13.5. The summed E-state index contributed by atoms with van der Waals surface area (Å²) in [5.41, 5.74) is 2.98. The molecule has 2 aromatic rings. The van der Waals surface area contributed by atoms with E-state index in [0.29, 0.717) is 17.9 Å². The van der Waals surface area contributed by atoms with Crippen LogP contribution in [0.4, 0.5) is 5.69 Å². The molecule has 0 bridgehead atoms. The van der Waals surface area contributed by atoms with Crippen LogP contribution in [0.5, 0.6) is 11.5 Å². The molecular weight excluding hydrogens is 358 g/mol. The number of fused-ring (bicyclic) bond motifs is 1. The summed E-state index contributed by atoms with van der Waals surface area (Å²) in [6.07, 6.45) is 1.50. The third kappa shape index (κ3) is 4.27. The second-order valence-electron chi connectivity index (χ2n) is 6.80. The highest BCUT2D eigenvalue weighted by Gasteiger charge is 2.30. The molecule has 0 unspecified atom stereocenters. The lowest BCUT2D eigenvalue weighted by atomic mass is 10.1. The Hall–Kier alpha value is -3.02. The predicted octanol–water partition coefficient (Wildman–Crippen LogP) is 3.16. The highest BCUT2D eigenvalue weighted by Crippen LogP contribution is 2.32.